The molecule has 1 nitrogen and oxygen atoms in total. The van der Waals surface area contributed by atoms with Gasteiger partial charge in [-0.3, -0.25) is 0 Å². The Hall–Kier alpha value is -1.59. The van der Waals surface area contributed by atoms with Crippen molar-refractivity contribution in [1.29, 1.82) is 0 Å². The smallest absolute Gasteiger partial charge is 0.324 e. The van der Waals surface area contributed by atoms with Gasteiger partial charge in [-0.15, -0.1) is 0 Å². The van der Waals surface area contributed by atoms with E-state index in [2.05, 4.69) is 0 Å². The normalized spacial score (nSPS) is 13.2. The highest BCUT2D eigenvalue weighted by Crippen LogP contribution is 2.32. The van der Waals surface area contributed by atoms with Gasteiger partial charge in [0.25, 0.3) is 0 Å². The predicted molar refractivity (Wildman–Crippen MR) is 73.5 cm³/mol. The molecule has 1 atom stereocenters. The molecule has 21 heavy (non-hydrogen) atoms. The molecule has 0 saturated carbocycles. The summed E-state index contributed by atoms with van der Waals surface area (Å²) >= 11 is 5.84. The summed E-state index contributed by atoms with van der Waals surface area (Å²) in [7, 11) is 0. The SMILES string of the molecule is NC(Cc1cccc(Cl)c1)c1ccc(C(F)(F)F)c(F)c1. The first-order valence-corrected chi connectivity index (χ1v) is 6.52. The maximum atomic E-state index is 13.5. The van der Waals surface area contributed by atoms with Crippen molar-refractivity contribution in [2.75, 3.05) is 0 Å². The lowest BCUT2D eigenvalue weighted by molar-refractivity contribution is -0.140. The molecule has 1 unspecified atom stereocenters. The van der Waals surface area contributed by atoms with Crippen molar-refractivity contribution < 1.29 is 17.6 Å². The van der Waals surface area contributed by atoms with Crippen LogP contribution < -0.4 is 5.73 Å². The summed E-state index contributed by atoms with van der Waals surface area (Å²) in [6.45, 7) is 0. The van der Waals surface area contributed by atoms with Gasteiger partial charge in [-0.25, -0.2) is 4.39 Å². The molecule has 0 aromatic heterocycles. The summed E-state index contributed by atoms with van der Waals surface area (Å²) in [4.78, 5) is 0. The minimum atomic E-state index is -4.71. The molecule has 0 radical (unpaired) electrons. The molecule has 0 fully saturated rings. The number of nitrogens with two attached hydrogens (primary N) is 1. The first kappa shape index (κ1) is 15.8. The van der Waals surface area contributed by atoms with Crippen LogP contribution in [0.25, 0.3) is 0 Å². The highest BCUT2D eigenvalue weighted by Gasteiger charge is 2.34. The van der Waals surface area contributed by atoms with Gasteiger partial charge in [0.05, 0.1) is 5.56 Å². The van der Waals surface area contributed by atoms with Crippen LogP contribution in [0.5, 0.6) is 0 Å². The van der Waals surface area contributed by atoms with Crippen LogP contribution in [-0.2, 0) is 12.6 Å². The van der Waals surface area contributed by atoms with Gasteiger partial charge in [-0.1, -0.05) is 29.8 Å². The van der Waals surface area contributed by atoms with Gasteiger partial charge in [-0.05, 0) is 41.8 Å². The molecule has 0 aliphatic carbocycles. The molecular weight excluding hydrogens is 306 g/mol. The lowest BCUT2D eigenvalue weighted by Crippen LogP contribution is -2.15. The number of benzene rings is 2. The van der Waals surface area contributed by atoms with E-state index < -0.39 is 23.6 Å². The Labute approximate surface area is 124 Å². The van der Waals surface area contributed by atoms with E-state index in [4.69, 9.17) is 17.3 Å². The first-order chi connectivity index (χ1) is 9.77. The van der Waals surface area contributed by atoms with E-state index in [1.807, 2.05) is 0 Å². The fourth-order valence-corrected chi connectivity index (χ4v) is 2.24. The summed E-state index contributed by atoms with van der Waals surface area (Å²) in [6.07, 6.45) is -4.36. The quantitative estimate of drug-likeness (QED) is 0.813. The zero-order valence-electron chi connectivity index (χ0n) is 10.8. The molecule has 2 rings (SSSR count). The summed E-state index contributed by atoms with van der Waals surface area (Å²) < 4.78 is 51.0. The average molecular weight is 318 g/mol. The van der Waals surface area contributed by atoms with Crippen molar-refractivity contribution in [2.24, 2.45) is 5.73 Å². The van der Waals surface area contributed by atoms with Crippen molar-refractivity contribution in [1.82, 2.24) is 0 Å². The molecule has 0 spiro atoms. The lowest BCUT2D eigenvalue weighted by atomic mass is 9.98. The summed E-state index contributed by atoms with van der Waals surface area (Å²) in [5, 5.41) is 0.540. The Kier molecular flexibility index (Phi) is 4.54. The van der Waals surface area contributed by atoms with Crippen LogP contribution in [0.3, 0.4) is 0 Å². The Morgan fingerprint density at radius 3 is 2.38 bits per heavy atom. The van der Waals surface area contributed by atoms with E-state index in [1.165, 1.54) is 6.07 Å². The molecule has 0 aliphatic heterocycles. The van der Waals surface area contributed by atoms with Crippen molar-refractivity contribution in [3.63, 3.8) is 0 Å². The molecule has 2 aromatic carbocycles. The van der Waals surface area contributed by atoms with Crippen LogP contribution in [0.15, 0.2) is 42.5 Å². The Morgan fingerprint density at radius 2 is 1.81 bits per heavy atom. The van der Waals surface area contributed by atoms with Crippen molar-refractivity contribution in [3.05, 3.63) is 70.0 Å². The second-order valence-electron chi connectivity index (χ2n) is 4.68. The minimum absolute atomic E-state index is 0.306. The van der Waals surface area contributed by atoms with Crippen LogP contribution in [0.2, 0.25) is 5.02 Å². The molecule has 0 aliphatic rings. The summed E-state index contributed by atoms with van der Waals surface area (Å²) in [6, 6.07) is 9.09. The predicted octanol–water partition coefficient (Wildman–Crippen LogP) is 4.74. The molecule has 0 bridgehead atoms. The van der Waals surface area contributed by atoms with E-state index in [0.717, 1.165) is 11.6 Å². The molecule has 6 heteroatoms. The molecule has 0 amide bonds. The van der Waals surface area contributed by atoms with Crippen molar-refractivity contribution >= 4 is 11.6 Å². The number of rotatable bonds is 3. The Morgan fingerprint density at radius 1 is 1.10 bits per heavy atom. The van der Waals surface area contributed by atoms with E-state index in [0.29, 0.717) is 23.1 Å². The Balaban J connectivity index is 2.20. The maximum Gasteiger partial charge on any atom is 0.419 e. The highest BCUT2D eigenvalue weighted by molar-refractivity contribution is 6.30. The van der Waals surface area contributed by atoms with Crippen LogP contribution >= 0.6 is 11.6 Å². The van der Waals surface area contributed by atoms with Crippen LogP contribution in [0, 0.1) is 5.82 Å². The largest absolute Gasteiger partial charge is 0.419 e. The van der Waals surface area contributed by atoms with Crippen LogP contribution in [0.1, 0.15) is 22.7 Å². The number of hydrogen-bond acceptors (Lipinski definition) is 1. The minimum Gasteiger partial charge on any atom is -0.324 e. The van der Waals surface area contributed by atoms with Gasteiger partial charge >= 0.3 is 6.18 Å². The number of hydrogen-bond donors (Lipinski definition) is 1. The van der Waals surface area contributed by atoms with E-state index >= 15 is 0 Å². The zero-order chi connectivity index (χ0) is 15.6. The van der Waals surface area contributed by atoms with Gasteiger partial charge in [-0.2, -0.15) is 13.2 Å². The third-order valence-corrected chi connectivity index (χ3v) is 3.31. The van der Waals surface area contributed by atoms with Crippen molar-refractivity contribution in [3.8, 4) is 0 Å². The average Bonchev–Trinajstić information content (AvgIpc) is 2.37. The molecule has 0 saturated heterocycles. The molecule has 112 valence electrons. The van der Waals surface area contributed by atoms with Gasteiger partial charge < -0.3 is 5.73 Å². The summed E-state index contributed by atoms with van der Waals surface area (Å²) in [5.74, 6) is -1.32. The highest BCUT2D eigenvalue weighted by atomic mass is 35.5. The third-order valence-electron chi connectivity index (χ3n) is 3.07. The van der Waals surface area contributed by atoms with Crippen LogP contribution in [-0.4, -0.2) is 0 Å². The maximum absolute atomic E-state index is 13.5. The van der Waals surface area contributed by atoms with Gasteiger partial charge in [0.1, 0.15) is 5.82 Å². The first-order valence-electron chi connectivity index (χ1n) is 6.14. The van der Waals surface area contributed by atoms with E-state index in [9.17, 15) is 17.6 Å². The monoisotopic (exact) mass is 317 g/mol. The van der Waals surface area contributed by atoms with Gasteiger partial charge in [0.15, 0.2) is 0 Å². The summed E-state index contributed by atoms with van der Waals surface area (Å²) in [5.41, 5.74) is 5.76. The molecule has 2 N–H and O–H groups in total. The number of halogens is 5. The van der Waals surface area contributed by atoms with E-state index in [-0.39, 0.29) is 0 Å². The topological polar surface area (TPSA) is 26.0 Å². The fraction of sp³-hybridized carbons (Fsp3) is 0.200. The van der Waals surface area contributed by atoms with E-state index in [1.54, 1.807) is 24.3 Å². The number of alkyl halides is 3. The van der Waals surface area contributed by atoms with Gasteiger partial charge in [0, 0.05) is 11.1 Å². The van der Waals surface area contributed by atoms with Crippen LogP contribution in [0.4, 0.5) is 17.6 Å². The standard InChI is InChI=1S/C15H12ClF4N/c16-11-3-1-2-9(6-11)7-14(21)10-4-5-12(13(17)8-10)15(18,19)20/h1-6,8,14H,7,21H2. The molecule has 0 heterocycles. The second kappa shape index (κ2) is 6.03. The lowest BCUT2D eigenvalue weighted by Gasteiger charge is -2.15. The molecular formula is C15H12ClF4N. The zero-order valence-corrected chi connectivity index (χ0v) is 11.5. The second-order valence-corrected chi connectivity index (χ2v) is 5.11. The third kappa shape index (κ3) is 3.95. The Bertz CT molecular complexity index is 640. The van der Waals surface area contributed by atoms with Crippen molar-refractivity contribution in [2.45, 2.75) is 18.6 Å². The molecule has 2 aromatic rings. The van der Waals surface area contributed by atoms with Gasteiger partial charge in [0.2, 0.25) is 0 Å². The fourth-order valence-electron chi connectivity index (χ4n) is 2.03.